The average molecular weight is 349 g/mol. The number of benzene rings is 1. The van der Waals surface area contributed by atoms with Crippen LogP contribution >= 0.6 is 11.6 Å². The number of fused-ring (bicyclic) bond motifs is 1. The van der Waals surface area contributed by atoms with Crippen LogP contribution in [0.4, 0.5) is 0 Å². The van der Waals surface area contributed by atoms with Gasteiger partial charge in [0.1, 0.15) is 6.61 Å². The van der Waals surface area contributed by atoms with Crippen LogP contribution < -0.4 is 4.74 Å². The van der Waals surface area contributed by atoms with E-state index in [0.717, 1.165) is 49.5 Å². The molecule has 24 heavy (non-hydrogen) atoms. The van der Waals surface area contributed by atoms with Gasteiger partial charge in [0, 0.05) is 50.7 Å². The maximum absolute atomic E-state index is 10.4. The number of halogens is 1. The highest BCUT2D eigenvalue weighted by atomic mass is 35.5. The summed E-state index contributed by atoms with van der Waals surface area (Å²) in [5.74, 6) is 0.722. The molecule has 0 radical (unpaired) electrons. The van der Waals surface area contributed by atoms with Crippen molar-refractivity contribution in [1.29, 1.82) is 0 Å². The van der Waals surface area contributed by atoms with E-state index in [9.17, 15) is 5.11 Å². The number of hydrogen-bond donors (Lipinski definition) is 1. The summed E-state index contributed by atoms with van der Waals surface area (Å²) in [4.78, 5) is 6.64. The number of aromatic hydroxyl groups is 1. The van der Waals surface area contributed by atoms with Gasteiger partial charge in [-0.25, -0.2) is 0 Å². The molecule has 0 spiro atoms. The lowest BCUT2D eigenvalue weighted by atomic mass is 10.0. The van der Waals surface area contributed by atoms with E-state index in [1.807, 2.05) is 12.1 Å². The van der Waals surface area contributed by atoms with Crippen LogP contribution in [0, 0.1) is 0 Å². The van der Waals surface area contributed by atoms with Crippen LogP contribution in [0.1, 0.15) is 12.0 Å². The number of nitrogens with zero attached hydrogens (tertiary/aromatic N) is 2. The molecule has 0 aliphatic carbocycles. The first-order chi connectivity index (χ1) is 11.7. The lowest BCUT2D eigenvalue weighted by Crippen LogP contribution is -2.27. The van der Waals surface area contributed by atoms with E-state index in [-0.39, 0.29) is 5.75 Å². The first-order valence-electron chi connectivity index (χ1n) is 7.99. The molecule has 1 aliphatic heterocycles. The molecule has 0 bridgehead atoms. The van der Waals surface area contributed by atoms with Gasteiger partial charge >= 0.3 is 0 Å². The van der Waals surface area contributed by atoms with Crippen LogP contribution in [0.2, 0.25) is 5.02 Å². The average Bonchev–Trinajstić information content (AvgIpc) is 2.78. The molecule has 1 aromatic carbocycles. The van der Waals surface area contributed by atoms with Crippen molar-refractivity contribution in [3.63, 3.8) is 0 Å². The Balaban J connectivity index is 1.86. The van der Waals surface area contributed by atoms with Gasteiger partial charge < -0.3 is 14.6 Å². The molecule has 2 aromatic rings. The molecule has 0 atom stereocenters. The van der Waals surface area contributed by atoms with Crippen molar-refractivity contribution >= 4 is 11.6 Å². The van der Waals surface area contributed by atoms with Gasteiger partial charge in [-0.1, -0.05) is 11.6 Å². The number of phenols is 1. The minimum Gasteiger partial charge on any atom is -0.504 e. The second kappa shape index (κ2) is 7.83. The molecule has 0 unspecified atom stereocenters. The molecule has 2 heterocycles. The van der Waals surface area contributed by atoms with Gasteiger partial charge in [0.15, 0.2) is 11.5 Å². The Kier molecular flexibility index (Phi) is 5.56. The van der Waals surface area contributed by atoms with Gasteiger partial charge in [-0.05, 0) is 30.7 Å². The van der Waals surface area contributed by atoms with E-state index in [4.69, 9.17) is 21.1 Å². The fourth-order valence-electron chi connectivity index (χ4n) is 2.87. The highest BCUT2D eigenvalue weighted by Gasteiger charge is 2.19. The fourth-order valence-corrected chi connectivity index (χ4v) is 2.98. The summed E-state index contributed by atoms with van der Waals surface area (Å²) >= 11 is 5.90. The number of rotatable bonds is 5. The second-order valence-corrected chi connectivity index (χ2v) is 6.25. The number of aromatic nitrogens is 1. The third kappa shape index (κ3) is 3.98. The van der Waals surface area contributed by atoms with Crippen molar-refractivity contribution in [2.45, 2.75) is 13.0 Å². The number of hydrogen-bond acceptors (Lipinski definition) is 5. The maximum Gasteiger partial charge on any atom is 0.165 e. The summed E-state index contributed by atoms with van der Waals surface area (Å²) in [6, 6.07) is 7.35. The third-order valence-electron chi connectivity index (χ3n) is 4.04. The Morgan fingerprint density at radius 1 is 1.38 bits per heavy atom. The number of ether oxygens (including phenoxy) is 2. The van der Waals surface area contributed by atoms with E-state index in [0.29, 0.717) is 17.4 Å². The Bertz CT molecular complexity index is 691. The van der Waals surface area contributed by atoms with Crippen LogP contribution in [0.25, 0.3) is 11.3 Å². The molecule has 0 amide bonds. The molecule has 0 fully saturated rings. The lowest BCUT2D eigenvalue weighted by Gasteiger charge is -2.19. The molecule has 128 valence electrons. The number of methoxy groups -OCH3 is 1. The Labute approximate surface area is 146 Å². The predicted molar refractivity (Wildman–Crippen MR) is 93.6 cm³/mol. The van der Waals surface area contributed by atoms with Crippen molar-refractivity contribution in [2.75, 3.05) is 33.4 Å². The first kappa shape index (κ1) is 17.0. The van der Waals surface area contributed by atoms with E-state index in [2.05, 4.69) is 9.88 Å². The Morgan fingerprint density at radius 2 is 2.25 bits per heavy atom. The van der Waals surface area contributed by atoms with Crippen molar-refractivity contribution in [2.24, 2.45) is 0 Å². The summed E-state index contributed by atoms with van der Waals surface area (Å²) in [6.45, 7) is 3.79. The Hall–Kier alpha value is -1.82. The summed E-state index contributed by atoms with van der Waals surface area (Å²) in [5.41, 5.74) is 2.59. The number of pyridine rings is 1. The summed E-state index contributed by atoms with van der Waals surface area (Å²) in [5, 5.41) is 10.9. The molecule has 1 aliphatic rings. The van der Waals surface area contributed by atoms with Crippen molar-refractivity contribution in [3.05, 3.63) is 41.0 Å². The van der Waals surface area contributed by atoms with Gasteiger partial charge in [0.2, 0.25) is 0 Å². The van der Waals surface area contributed by atoms with Crippen molar-refractivity contribution in [1.82, 2.24) is 9.88 Å². The van der Waals surface area contributed by atoms with Gasteiger partial charge in [-0.15, -0.1) is 0 Å². The number of phenolic OH excluding ortho intramolecular Hbond substituents is 1. The molecular formula is C18H21ClN2O3. The zero-order chi connectivity index (χ0) is 16.9. The van der Waals surface area contributed by atoms with Crippen LogP contribution in [0.15, 0.2) is 30.5 Å². The van der Waals surface area contributed by atoms with E-state index in [1.54, 1.807) is 25.4 Å². The SMILES string of the molecule is COCCCN1CCOc2c(O)cc(-c3ccc(Cl)cn3)cc2C1. The highest BCUT2D eigenvalue weighted by Crippen LogP contribution is 2.37. The maximum atomic E-state index is 10.4. The van der Waals surface area contributed by atoms with Crippen LogP contribution in [0.5, 0.6) is 11.5 Å². The fraction of sp³-hybridized carbons (Fsp3) is 0.389. The topological polar surface area (TPSA) is 54.8 Å². The molecule has 1 aromatic heterocycles. The monoisotopic (exact) mass is 348 g/mol. The molecule has 0 saturated heterocycles. The smallest absolute Gasteiger partial charge is 0.165 e. The molecule has 1 N–H and O–H groups in total. The predicted octanol–water partition coefficient (Wildman–Crippen LogP) is 3.34. The first-order valence-corrected chi connectivity index (χ1v) is 8.37. The van der Waals surface area contributed by atoms with Gasteiger partial charge in [-0.2, -0.15) is 0 Å². The van der Waals surface area contributed by atoms with Crippen molar-refractivity contribution in [3.8, 4) is 22.8 Å². The molecule has 0 saturated carbocycles. The normalized spacial score (nSPS) is 14.8. The highest BCUT2D eigenvalue weighted by molar-refractivity contribution is 6.30. The molecule has 3 rings (SSSR count). The van der Waals surface area contributed by atoms with Crippen LogP contribution in [-0.4, -0.2) is 48.4 Å². The zero-order valence-electron chi connectivity index (χ0n) is 13.7. The molecule has 5 nitrogen and oxygen atoms in total. The van der Waals surface area contributed by atoms with Crippen LogP contribution in [-0.2, 0) is 11.3 Å². The minimum absolute atomic E-state index is 0.151. The standard InChI is InChI=1S/C18H21ClN2O3/c1-23-7-2-5-21-6-8-24-18-14(12-21)9-13(10-17(18)22)16-4-3-15(19)11-20-16/h3-4,9-11,22H,2,5-8,12H2,1H3. The van der Waals surface area contributed by atoms with Crippen molar-refractivity contribution < 1.29 is 14.6 Å². The zero-order valence-corrected chi connectivity index (χ0v) is 14.4. The lowest BCUT2D eigenvalue weighted by molar-refractivity contribution is 0.164. The summed E-state index contributed by atoms with van der Waals surface area (Å²) in [7, 11) is 1.71. The van der Waals surface area contributed by atoms with E-state index in [1.165, 1.54) is 0 Å². The summed E-state index contributed by atoms with van der Waals surface area (Å²) in [6.07, 6.45) is 2.57. The quantitative estimate of drug-likeness (QED) is 0.840. The minimum atomic E-state index is 0.151. The van der Waals surface area contributed by atoms with Crippen LogP contribution in [0.3, 0.4) is 0 Å². The van der Waals surface area contributed by atoms with Gasteiger partial charge in [0.25, 0.3) is 0 Å². The van der Waals surface area contributed by atoms with E-state index >= 15 is 0 Å². The largest absolute Gasteiger partial charge is 0.504 e. The molecule has 6 heteroatoms. The second-order valence-electron chi connectivity index (χ2n) is 5.82. The third-order valence-corrected chi connectivity index (χ3v) is 4.26. The van der Waals surface area contributed by atoms with Gasteiger partial charge in [-0.3, -0.25) is 9.88 Å². The summed E-state index contributed by atoms with van der Waals surface area (Å²) < 4.78 is 10.9. The van der Waals surface area contributed by atoms with Gasteiger partial charge in [0.05, 0.1) is 10.7 Å². The Morgan fingerprint density at radius 3 is 3.00 bits per heavy atom. The molecular weight excluding hydrogens is 328 g/mol. The van der Waals surface area contributed by atoms with E-state index < -0.39 is 0 Å².